The number of nitriles is 1. The lowest BCUT2D eigenvalue weighted by Gasteiger charge is -2.09. The average molecular weight is 386 g/mol. The Morgan fingerprint density at radius 3 is 2.55 bits per heavy atom. The summed E-state index contributed by atoms with van der Waals surface area (Å²) in [4.78, 5) is 28.9. The van der Waals surface area contributed by atoms with Gasteiger partial charge in [0, 0.05) is 18.3 Å². The van der Waals surface area contributed by atoms with Crippen molar-refractivity contribution in [2.45, 2.75) is 6.54 Å². The van der Waals surface area contributed by atoms with E-state index in [0.29, 0.717) is 23.4 Å². The minimum absolute atomic E-state index is 0.0786. The van der Waals surface area contributed by atoms with Crippen LogP contribution in [0.1, 0.15) is 32.0 Å². The summed E-state index contributed by atoms with van der Waals surface area (Å²) in [5.41, 5.74) is 2.03. The number of ether oxygens (including phenoxy) is 1. The first-order chi connectivity index (χ1) is 14.1. The van der Waals surface area contributed by atoms with Crippen molar-refractivity contribution in [3.63, 3.8) is 0 Å². The van der Waals surface area contributed by atoms with Gasteiger partial charge in [-0.1, -0.05) is 24.3 Å². The quantitative estimate of drug-likeness (QED) is 0.677. The summed E-state index contributed by atoms with van der Waals surface area (Å²) in [6.45, 7) is 0.336. The molecule has 0 atom stereocenters. The number of nitrogens with one attached hydrogen (secondary N) is 2. The van der Waals surface area contributed by atoms with E-state index in [1.54, 1.807) is 31.4 Å². The van der Waals surface area contributed by atoms with Gasteiger partial charge < -0.3 is 15.4 Å². The smallest absolute Gasteiger partial charge is 0.274 e. The third-order valence-electron chi connectivity index (χ3n) is 4.16. The molecule has 0 saturated heterocycles. The molecule has 29 heavy (non-hydrogen) atoms. The number of pyridine rings is 1. The molecule has 0 saturated carbocycles. The van der Waals surface area contributed by atoms with Gasteiger partial charge in [0.2, 0.25) is 0 Å². The van der Waals surface area contributed by atoms with Crippen LogP contribution in [0.2, 0.25) is 0 Å². The zero-order valence-corrected chi connectivity index (χ0v) is 15.7. The third-order valence-corrected chi connectivity index (χ3v) is 4.16. The first-order valence-electron chi connectivity index (χ1n) is 8.78. The Morgan fingerprint density at radius 2 is 1.83 bits per heavy atom. The molecule has 0 unspecified atom stereocenters. The van der Waals surface area contributed by atoms with E-state index in [9.17, 15) is 9.59 Å². The Bertz CT molecular complexity index is 1070. The van der Waals surface area contributed by atoms with Gasteiger partial charge in [0.1, 0.15) is 17.5 Å². The Kier molecular flexibility index (Phi) is 6.18. The molecule has 0 aliphatic carbocycles. The summed E-state index contributed by atoms with van der Waals surface area (Å²) in [6, 6.07) is 19.0. The van der Waals surface area contributed by atoms with E-state index < -0.39 is 5.91 Å². The number of rotatable bonds is 6. The second-order valence-electron chi connectivity index (χ2n) is 6.07. The first-order valence-corrected chi connectivity index (χ1v) is 8.78. The predicted molar refractivity (Wildman–Crippen MR) is 108 cm³/mol. The number of amides is 2. The Hall–Kier alpha value is -4.18. The molecule has 0 aliphatic rings. The Balaban J connectivity index is 1.67. The fourth-order valence-corrected chi connectivity index (χ4v) is 2.60. The van der Waals surface area contributed by atoms with E-state index in [-0.39, 0.29) is 11.6 Å². The molecule has 7 heteroatoms. The summed E-state index contributed by atoms with van der Waals surface area (Å²) < 4.78 is 5.11. The maximum atomic E-state index is 12.5. The van der Waals surface area contributed by atoms with Gasteiger partial charge in [0.25, 0.3) is 11.8 Å². The lowest BCUT2D eigenvalue weighted by atomic mass is 10.1. The molecule has 144 valence electrons. The minimum atomic E-state index is -0.502. The van der Waals surface area contributed by atoms with E-state index in [4.69, 9.17) is 10.00 Å². The predicted octanol–water partition coefficient (Wildman–Crippen LogP) is 3.14. The van der Waals surface area contributed by atoms with E-state index >= 15 is 0 Å². The maximum Gasteiger partial charge on any atom is 0.274 e. The molecular weight excluding hydrogens is 368 g/mol. The summed E-state index contributed by atoms with van der Waals surface area (Å²) >= 11 is 0. The normalized spacial score (nSPS) is 9.93. The second-order valence-corrected chi connectivity index (χ2v) is 6.07. The maximum absolute atomic E-state index is 12.5. The van der Waals surface area contributed by atoms with Gasteiger partial charge in [-0.3, -0.25) is 14.6 Å². The Morgan fingerprint density at radius 1 is 1.07 bits per heavy atom. The summed E-state index contributed by atoms with van der Waals surface area (Å²) in [6.07, 6.45) is 1.40. The van der Waals surface area contributed by atoms with E-state index in [1.807, 2.05) is 30.3 Å². The highest BCUT2D eigenvalue weighted by Gasteiger charge is 2.13. The van der Waals surface area contributed by atoms with Crippen molar-refractivity contribution >= 4 is 17.5 Å². The fraction of sp³-hybridized carbons (Fsp3) is 0.0909. The van der Waals surface area contributed by atoms with Crippen molar-refractivity contribution in [2.75, 3.05) is 12.4 Å². The van der Waals surface area contributed by atoms with Crippen LogP contribution in [-0.4, -0.2) is 23.9 Å². The monoisotopic (exact) mass is 386 g/mol. The molecular formula is C22H18N4O3. The lowest BCUT2D eigenvalue weighted by Crippen LogP contribution is -2.23. The molecule has 0 fully saturated rings. The number of anilines is 1. The molecule has 0 aliphatic heterocycles. The van der Waals surface area contributed by atoms with Gasteiger partial charge >= 0.3 is 0 Å². The number of carbonyl (C=O) groups is 2. The van der Waals surface area contributed by atoms with Crippen LogP contribution in [0.25, 0.3) is 0 Å². The largest absolute Gasteiger partial charge is 0.497 e. The highest BCUT2D eigenvalue weighted by molar-refractivity contribution is 6.05. The number of methoxy groups -OCH3 is 1. The summed E-state index contributed by atoms with van der Waals surface area (Å²) in [5.74, 6) is -0.0879. The summed E-state index contributed by atoms with van der Waals surface area (Å²) in [5, 5.41) is 14.6. The molecule has 0 spiro atoms. The molecule has 3 aromatic rings. The van der Waals surface area contributed by atoms with Crippen molar-refractivity contribution in [1.82, 2.24) is 10.3 Å². The molecule has 1 aromatic heterocycles. The van der Waals surface area contributed by atoms with Crippen molar-refractivity contribution in [2.24, 2.45) is 0 Å². The standard InChI is InChI=1S/C22H18N4O3/c1-29-18-8-6-15(7-9-18)14-25-21(27)16-10-11-24-20(12-16)22(28)26-19-5-3-2-4-17(19)13-23/h2-12H,14H2,1H3,(H,25,27)(H,26,28). The van der Waals surface area contributed by atoms with Crippen LogP contribution in [0.4, 0.5) is 5.69 Å². The topological polar surface area (TPSA) is 104 Å². The van der Waals surface area contributed by atoms with Gasteiger partial charge in [0.15, 0.2) is 0 Å². The van der Waals surface area contributed by atoms with E-state index in [2.05, 4.69) is 15.6 Å². The van der Waals surface area contributed by atoms with Gasteiger partial charge in [-0.15, -0.1) is 0 Å². The van der Waals surface area contributed by atoms with Crippen LogP contribution in [0.3, 0.4) is 0 Å². The molecule has 3 rings (SSSR count). The van der Waals surface area contributed by atoms with E-state index in [1.165, 1.54) is 18.3 Å². The average Bonchev–Trinajstić information content (AvgIpc) is 2.78. The number of para-hydroxylation sites is 1. The van der Waals surface area contributed by atoms with Crippen LogP contribution in [0.15, 0.2) is 66.9 Å². The third kappa shape index (κ3) is 4.96. The minimum Gasteiger partial charge on any atom is -0.497 e. The highest BCUT2D eigenvalue weighted by atomic mass is 16.5. The zero-order valence-electron chi connectivity index (χ0n) is 15.7. The van der Waals surface area contributed by atoms with Crippen LogP contribution < -0.4 is 15.4 Å². The van der Waals surface area contributed by atoms with Crippen molar-refractivity contribution < 1.29 is 14.3 Å². The number of aromatic nitrogens is 1. The van der Waals surface area contributed by atoms with Crippen molar-refractivity contribution in [3.05, 3.63) is 89.2 Å². The number of hydrogen-bond donors (Lipinski definition) is 2. The van der Waals surface area contributed by atoms with Crippen LogP contribution in [0.5, 0.6) is 5.75 Å². The molecule has 2 amide bonds. The van der Waals surface area contributed by atoms with Gasteiger partial charge in [-0.25, -0.2) is 0 Å². The van der Waals surface area contributed by atoms with Gasteiger partial charge in [-0.05, 0) is 42.0 Å². The van der Waals surface area contributed by atoms with Crippen molar-refractivity contribution in [3.8, 4) is 11.8 Å². The highest BCUT2D eigenvalue weighted by Crippen LogP contribution is 2.15. The molecule has 0 radical (unpaired) electrons. The van der Waals surface area contributed by atoms with Crippen LogP contribution in [0, 0.1) is 11.3 Å². The van der Waals surface area contributed by atoms with Crippen molar-refractivity contribution in [1.29, 1.82) is 5.26 Å². The number of hydrogen-bond acceptors (Lipinski definition) is 5. The van der Waals surface area contributed by atoms with Gasteiger partial charge in [0.05, 0.1) is 18.4 Å². The number of carbonyl (C=O) groups excluding carboxylic acids is 2. The SMILES string of the molecule is COc1ccc(CNC(=O)c2ccnc(C(=O)Nc3ccccc3C#N)c2)cc1. The lowest BCUT2D eigenvalue weighted by molar-refractivity contribution is 0.0951. The molecule has 0 bridgehead atoms. The number of benzene rings is 2. The fourth-order valence-electron chi connectivity index (χ4n) is 2.60. The first kappa shape index (κ1) is 19.6. The molecule has 2 aromatic carbocycles. The number of nitrogens with zero attached hydrogens (tertiary/aromatic N) is 2. The molecule has 7 nitrogen and oxygen atoms in total. The van der Waals surface area contributed by atoms with Crippen LogP contribution in [-0.2, 0) is 6.54 Å². The van der Waals surface area contributed by atoms with Crippen LogP contribution >= 0.6 is 0 Å². The summed E-state index contributed by atoms with van der Waals surface area (Å²) in [7, 11) is 1.59. The molecule has 1 heterocycles. The van der Waals surface area contributed by atoms with Gasteiger partial charge in [-0.2, -0.15) is 5.26 Å². The second kappa shape index (κ2) is 9.15. The zero-order chi connectivity index (χ0) is 20.6. The Labute approximate surface area is 168 Å². The van der Waals surface area contributed by atoms with E-state index in [0.717, 1.165) is 11.3 Å². The molecule has 2 N–H and O–H groups in total.